The van der Waals surface area contributed by atoms with Crippen molar-refractivity contribution in [3.8, 4) is 5.75 Å². The normalized spacial score (nSPS) is 10.5. The first-order chi connectivity index (χ1) is 8.33. The van der Waals surface area contributed by atoms with Crippen LogP contribution in [0.2, 0.25) is 0 Å². The molecule has 4 nitrogen and oxygen atoms in total. The molecule has 0 saturated carbocycles. The molecule has 17 heavy (non-hydrogen) atoms. The Hall–Kier alpha value is -1.81. The summed E-state index contributed by atoms with van der Waals surface area (Å²) in [5.41, 5.74) is 1.24. The molecule has 0 bridgehead atoms. The summed E-state index contributed by atoms with van der Waals surface area (Å²) in [6.07, 6.45) is 3.83. The van der Waals surface area contributed by atoms with Gasteiger partial charge in [0, 0.05) is 18.9 Å². The maximum atomic E-state index is 5.14. The lowest BCUT2D eigenvalue weighted by molar-refractivity contribution is 0.414. The third-order valence-corrected chi connectivity index (χ3v) is 2.65. The van der Waals surface area contributed by atoms with Gasteiger partial charge in [-0.1, -0.05) is 12.1 Å². The monoisotopic (exact) mass is 231 g/mol. The molecule has 2 rings (SSSR count). The van der Waals surface area contributed by atoms with Crippen LogP contribution in [0.25, 0.3) is 0 Å². The molecular formula is C13H17N3O. The van der Waals surface area contributed by atoms with Crippen LogP contribution >= 0.6 is 0 Å². The molecule has 0 aliphatic carbocycles. The van der Waals surface area contributed by atoms with Crippen LogP contribution in [-0.2, 0) is 13.1 Å². The third-order valence-electron chi connectivity index (χ3n) is 2.65. The molecular weight excluding hydrogens is 214 g/mol. The van der Waals surface area contributed by atoms with E-state index in [1.165, 1.54) is 5.56 Å². The molecule has 2 aromatic rings. The summed E-state index contributed by atoms with van der Waals surface area (Å²) in [4.78, 5) is 4.31. The quantitative estimate of drug-likeness (QED) is 0.850. The van der Waals surface area contributed by atoms with Crippen LogP contribution in [0, 0.1) is 0 Å². The summed E-state index contributed by atoms with van der Waals surface area (Å²) in [5, 5.41) is 3.11. The Morgan fingerprint density at radius 3 is 2.71 bits per heavy atom. The summed E-state index contributed by atoms with van der Waals surface area (Å²) in [6, 6.07) is 8.10. The lowest BCUT2D eigenvalue weighted by atomic mass is 10.2. The highest BCUT2D eigenvalue weighted by Gasteiger charge is 2.02. The largest absolute Gasteiger partial charge is 0.497 e. The summed E-state index contributed by atoms with van der Waals surface area (Å²) in [7, 11) is 3.60. The first-order valence-corrected chi connectivity index (χ1v) is 5.61. The maximum absolute atomic E-state index is 5.14. The molecule has 0 aliphatic rings. The van der Waals surface area contributed by atoms with E-state index in [4.69, 9.17) is 4.74 Å². The average molecular weight is 231 g/mol. The first kappa shape index (κ1) is 11.7. The Bertz CT molecular complexity index is 462. The van der Waals surface area contributed by atoms with Gasteiger partial charge in [-0.25, -0.2) is 4.98 Å². The number of ether oxygens (including phenoxy) is 1. The number of imidazole rings is 1. The van der Waals surface area contributed by atoms with E-state index in [2.05, 4.69) is 27.0 Å². The SMILES string of the molecule is CNCc1nccn1Cc1ccc(OC)cc1. The molecule has 0 unspecified atom stereocenters. The van der Waals surface area contributed by atoms with Crippen LogP contribution in [0.15, 0.2) is 36.7 Å². The molecule has 0 fully saturated rings. The van der Waals surface area contributed by atoms with Crippen molar-refractivity contribution in [2.75, 3.05) is 14.2 Å². The van der Waals surface area contributed by atoms with Crippen LogP contribution < -0.4 is 10.1 Å². The number of methoxy groups -OCH3 is 1. The second-order valence-corrected chi connectivity index (χ2v) is 3.85. The smallest absolute Gasteiger partial charge is 0.122 e. The zero-order chi connectivity index (χ0) is 12.1. The highest BCUT2D eigenvalue weighted by Crippen LogP contribution is 2.12. The van der Waals surface area contributed by atoms with Gasteiger partial charge in [0.2, 0.25) is 0 Å². The summed E-state index contributed by atoms with van der Waals surface area (Å²) in [6.45, 7) is 1.62. The Labute approximate surface area is 101 Å². The van der Waals surface area contributed by atoms with Crippen LogP contribution in [0.3, 0.4) is 0 Å². The van der Waals surface area contributed by atoms with Gasteiger partial charge in [-0.2, -0.15) is 0 Å². The standard InChI is InChI=1S/C13H17N3O/c1-14-9-13-15-7-8-16(13)10-11-3-5-12(17-2)6-4-11/h3-8,14H,9-10H2,1-2H3. The van der Waals surface area contributed by atoms with Crippen LogP contribution in [-0.4, -0.2) is 23.7 Å². The zero-order valence-corrected chi connectivity index (χ0v) is 10.2. The van der Waals surface area contributed by atoms with E-state index in [-0.39, 0.29) is 0 Å². The van der Waals surface area contributed by atoms with Gasteiger partial charge in [0.05, 0.1) is 13.7 Å². The van der Waals surface area contributed by atoms with Crippen LogP contribution in [0.1, 0.15) is 11.4 Å². The van der Waals surface area contributed by atoms with Crippen molar-refractivity contribution in [2.45, 2.75) is 13.1 Å². The van der Waals surface area contributed by atoms with Crippen molar-refractivity contribution in [3.63, 3.8) is 0 Å². The van der Waals surface area contributed by atoms with E-state index in [1.807, 2.05) is 31.6 Å². The predicted molar refractivity (Wildman–Crippen MR) is 67.1 cm³/mol. The fourth-order valence-electron chi connectivity index (χ4n) is 1.74. The van der Waals surface area contributed by atoms with Gasteiger partial charge in [0.15, 0.2) is 0 Å². The Balaban J connectivity index is 2.10. The summed E-state index contributed by atoms with van der Waals surface area (Å²) in [5.74, 6) is 1.93. The lowest BCUT2D eigenvalue weighted by Gasteiger charge is -2.08. The van der Waals surface area contributed by atoms with Gasteiger partial charge in [-0.15, -0.1) is 0 Å². The lowest BCUT2D eigenvalue weighted by Crippen LogP contribution is -2.12. The minimum absolute atomic E-state index is 0.781. The number of nitrogens with zero attached hydrogens (tertiary/aromatic N) is 2. The second-order valence-electron chi connectivity index (χ2n) is 3.85. The Kier molecular flexibility index (Phi) is 3.77. The molecule has 1 N–H and O–H groups in total. The van der Waals surface area contributed by atoms with Crippen molar-refractivity contribution in [3.05, 3.63) is 48.0 Å². The molecule has 0 saturated heterocycles. The van der Waals surface area contributed by atoms with Gasteiger partial charge < -0.3 is 14.6 Å². The highest BCUT2D eigenvalue weighted by molar-refractivity contribution is 5.27. The summed E-state index contributed by atoms with van der Waals surface area (Å²) >= 11 is 0. The van der Waals surface area contributed by atoms with E-state index in [0.717, 1.165) is 24.7 Å². The van der Waals surface area contributed by atoms with E-state index in [9.17, 15) is 0 Å². The van der Waals surface area contributed by atoms with Crippen molar-refractivity contribution >= 4 is 0 Å². The highest BCUT2D eigenvalue weighted by atomic mass is 16.5. The van der Waals surface area contributed by atoms with Crippen molar-refractivity contribution in [1.29, 1.82) is 0 Å². The fraction of sp³-hybridized carbons (Fsp3) is 0.308. The molecule has 1 heterocycles. The van der Waals surface area contributed by atoms with Crippen molar-refractivity contribution in [2.24, 2.45) is 0 Å². The molecule has 1 aromatic heterocycles. The number of rotatable bonds is 5. The number of benzene rings is 1. The first-order valence-electron chi connectivity index (χ1n) is 5.61. The van der Waals surface area contributed by atoms with Gasteiger partial charge in [-0.3, -0.25) is 0 Å². The molecule has 0 aliphatic heterocycles. The molecule has 4 heteroatoms. The van der Waals surface area contributed by atoms with E-state index >= 15 is 0 Å². The summed E-state index contributed by atoms with van der Waals surface area (Å²) < 4.78 is 7.27. The fourth-order valence-corrected chi connectivity index (χ4v) is 1.74. The minimum Gasteiger partial charge on any atom is -0.497 e. The number of aromatic nitrogens is 2. The van der Waals surface area contributed by atoms with Crippen molar-refractivity contribution in [1.82, 2.24) is 14.9 Å². The molecule has 0 atom stereocenters. The second kappa shape index (κ2) is 5.50. The number of hydrogen-bond donors (Lipinski definition) is 1. The minimum atomic E-state index is 0.781. The molecule has 0 amide bonds. The van der Waals surface area contributed by atoms with Gasteiger partial charge in [0.25, 0.3) is 0 Å². The maximum Gasteiger partial charge on any atom is 0.122 e. The zero-order valence-electron chi connectivity index (χ0n) is 10.2. The topological polar surface area (TPSA) is 39.1 Å². The number of hydrogen-bond acceptors (Lipinski definition) is 3. The van der Waals surface area contributed by atoms with Gasteiger partial charge in [0.1, 0.15) is 11.6 Å². The molecule has 0 radical (unpaired) electrons. The average Bonchev–Trinajstić information content (AvgIpc) is 2.78. The van der Waals surface area contributed by atoms with Crippen LogP contribution in [0.5, 0.6) is 5.75 Å². The molecule has 1 aromatic carbocycles. The van der Waals surface area contributed by atoms with E-state index < -0.39 is 0 Å². The molecule has 0 spiro atoms. The third kappa shape index (κ3) is 2.85. The molecule has 90 valence electrons. The predicted octanol–water partition coefficient (Wildman–Crippen LogP) is 1.66. The van der Waals surface area contributed by atoms with E-state index in [1.54, 1.807) is 7.11 Å². The van der Waals surface area contributed by atoms with Crippen LogP contribution in [0.4, 0.5) is 0 Å². The van der Waals surface area contributed by atoms with E-state index in [0.29, 0.717) is 0 Å². The Morgan fingerprint density at radius 2 is 2.06 bits per heavy atom. The van der Waals surface area contributed by atoms with Gasteiger partial charge >= 0.3 is 0 Å². The van der Waals surface area contributed by atoms with Gasteiger partial charge in [-0.05, 0) is 24.7 Å². The van der Waals surface area contributed by atoms with Crippen molar-refractivity contribution < 1.29 is 4.74 Å². The number of nitrogens with one attached hydrogen (secondary N) is 1. The Morgan fingerprint density at radius 1 is 1.29 bits per heavy atom.